The van der Waals surface area contributed by atoms with Gasteiger partial charge in [0.2, 0.25) is 0 Å². The summed E-state index contributed by atoms with van der Waals surface area (Å²) < 4.78 is 12.9. The first-order valence-corrected chi connectivity index (χ1v) is 4.40. The monoisotopic (exact) mass is 172 g/mol. The van der Waals surface area contributed by atoms with Gasteiger partial charge in [-0.25, -0.2) is 4.39 Å². The summed E-state index contributed by atoms with van der Waals surface area (Å²) in [5.41, 5.74) is 0.734. The van der Waals surface area contributed by atoms with Gasteiger partial charge >= 0.3 is 0 Å². The molecule has 0 unspecified atom stereocenters. The van der Waals surface area contributed by atoms with Crippen LogP contribution in [0.5, 0.6) is 5.75 Å². The molecule has 3 heteroatoms. The molecule has 1 aromatic rings. The van der Waals surface area contributed by atoms with Crippen LogP contribution in [0, 0.1) is 12.7 Å². The Kier molecular flexibility index (Phi) is 2.39. The smallest absolute Gasteiger partial charge is 0.140 e. The Labute approximate surface area is 69.2 Å². The molecule has 0 aliphatic rings. The van der Waals surface area contributed by atoms with Gasteiger partial charge in [0, 0.05) is 0 Å². The Bertz CT molecular complexity index is 250. The van der Waals surface area contributed by atoms with Crippen LogP contribution in [0.1, 0.15) is 5.56 Å². The molecule has 0 heterocycles. The molecule has 0 saturated carbocycles. The average Bonchev–Trinajstić information content (AvgIpc) is 1.85. The van der Waals surface area contributed by atoms with Crippen molar-refractivity contribution in [1.82, 2.24) is 0 Å². The van der Waals surface area contributed by atoms with Crippen LogP contribution < -0.4 is 0 Å². The van der Waals surface area contributed by atoms with Crippen molar-refractivity contribution in [1.29, 1.82) is 0 Å². The molecular weight excluding hydrogens is 163 g/mol. The van der Waals surface area contributed by atoms with E-state index >= 15 is 0 Å². The number of hydrogen-bond donors (Lipinski definition) is 1. The number of thioether (sulfide) groups is 1. The number of aromatic hydroxyl groups is 1. The Morgan fingerprint density at radius 2 is 2.09 bits per heavy atom. The van der Waals surface area contributed by atoms with Gasteiger partial charge in [0.05, 0.1) is 4.90 Å². The molecule has 0 bridgehead atoms. The van der Waals surface area contributed by atoms with Crippen LogP contribution in [0.25, 0.3) is 0 Å². The fourth-order valence-electron chi connectivity index (χ4n) is 0.913. The minimum Gasteiger partial charge on any atom is -0.507 e. The fraction of sp³-hybridized carbons (Fsp3) is 0.250. The number of hydrogen-bond acceptors (Lipinski definition) is 2. The highest BCUT2D eigenvalue weighted by atomic mass is 32.2. The van der Waals surface area contributed by atoms with Crippen molar-refractivity contribution in [2.45, 2.75) is 11.8 Å². The van der Waals surface area contributed by atoms with Gasteiger partial charge in [0.15, 0.2) is 0 Å². The number of halogens is 1. The second-order valence-corrected chi connectivity index (χ2v) is 3.12. The van der Waals surface area contributed by atoms with E-state index in [0.717, 1.165) is 5.56 Å². The predicted molar refractivity (Wildman–Crippen MR) is 44.6 cm³/mol. The van der Waals surface area contributed by atoms with Crippen molar-refractivity contribution < 1.29 is 9.50 Å². The Balaban J connectivity index is 3.25. The molecule has 1 nitrogen and oxygen atoms in total. The molecule has 1 rings (SSSR count). The van der Waals surface area contributed by atoms with Crippen molar-refractivity contribution in [3.8, 4) is 5.75 Å². The number of aryl methyl sites for hydroxylation is 1. The Hall–Kier alpha value is -0.700. The molecule has 0 spiro atoms. The second-order valence-electron chi connectivity index (χ2n) is 2.30. The minimum atomic E-state index is -0.352. The molecule has 0 fully saturated rings. The van der Waals surface area contributed by atoms with Crippen LogP contribution in [0.3, 0.4) is 0 Å². The highest BCUT2D eigenvalue weighted by Gasteiger charge is 2.06. The molecule has 0 aliphatic heterocycles. The minimum absolute atomic E-state index is 0.0231. The van der Waals surface area contributed by atoms with Gasteiger partial charge in [-0.05, 0) is 30.9 Å². The number of phenols is 1. The number of rotatable bonds is 1. The number of phenolic OH excluding ortho intramolecular Hbond substituents is 1. The van der Waals surface area contributed by atoms with Gasteiger partial charge in [0.1, 0.15) is 11.6 Å². The van der Waals surface area contributed by atoms with Gasteiger partial charge < -0.3 is 5.11 Å². The average molecular weight is 172 g/mol. The van der Waals surface area contributed by atoms with E-state index in [9.17, 15) is 9.50 Å². The third kappa shape index (κ3) is 1.66. The van der Waals surface area contributed by atoms with E-state index < -0.39 is 0 Å². The molecular formula is C8H9FOS. The summed E-state index contributed by atoms with van der Waals surface area (Å²) in [6.45, 7) is 1.74. The van der Waals surface area contributed by atoms with E-state index in [1.165, 1.54) is 17.8 Å². The highest BCUT2D eigenvalue weighted by molar-refractivity contribution is 7.98. The lowest BCUT2D eigenvalue weighted by atomic mass is 10.2. The van der Waals surface area contributed by atoms with Crippen LogP contribution in [0.4, 0.5) is 4.39 Å². The van der Waals surface area contributed by atoms with E-state index in [1.807, 2.05) is 0 Å². The first kappa shape index (κ1) is 8.40. The van der Waals surface area contributed by atoms with Crippen molar-refractivity contribution in [3.63, 3.8) is 0 Å². The largest absolute Gasteiger partial charge is 0.507 e. The molecule has 1 N–H and O–H groups in total. The molecule has 0 aliphatic carbocycles. The maximum absolute atomic E-state index is 12.9. The predicted octanol–water partition coefficient (Wildman–Crippen LogP) is 2.56. The number of benzene rings is 1. The van der Waals surface area contributed by atoms with Gasteiger partial charge in [0.25, 0.3) is 0 Å². The third-order valence-corrected chi connectivity index (χ3v) is 2.18. The first-order valence-electron chi connectivity index (χ1n) is 3.18. The van der Waals surface area contributed by atoms with Crippen LogP contribution in [0.2, 0.25) is 0 Å². The van der Waals surface area contributed by atoms with Crippen molar-refractivity contribution >= 4 is 11.8 Å². The lowest BCUT2D eigenvalue weighted by Gasteiger charge is -2.02. The Morgan fingerprint density at radius 3 is 2.55 bits per heavy atom. The molecule has 0 amide bonds. The topological polar surface area (TPSA) is 20.2 Å². The molecule has 0 radical (unpaired) electrons. The summed E-state index contributed by atoms with van der Waals surface area (Å²) >= 11 is 1.21. The van der Waals surface area contributed by atoms with E-state index in [1.54, 1.807) is 19.2 Å². The zero-order valence-corrected chi connectivity index (χ0v) is 7.20. The quantitative estimate of drug-likeness (QED) is 0.657. The Morgan fingerprint density at radius 1 is 1.45 bits per heavy atom. The van der Waals surface area contributed by atoms with Crippen LogP contribution >= 0.6 is 11.8 Å². The van der Waals surface area contributed by atoms with E-state index in [4.69, 9.17) is 0 Å². The highest BCUT2D eigenvalue weighted by Crippen LogP contribution is 2.30. The van der Waals surface area contributed by atoms with Crippen LogP contribution in [0.15, 0.2) is 17.0 Å². The molecule has 0 aromatic heterocycles. The summed E-state index contributed by atoms with van der Waals surface area (Å²) in [5.74, 6) is -0.329. The summed E-state index contributed by atoms with van der Waals surface area (Å²) in [7, 11) is 0. The van der Waals surface area contributed by atoms with E-state index in [0.29, 0.717) is 4.90 Å². The lowest BCUT2D eigenvalue weighted by molar-refractivity contribution is 0.449. The summed E-state index contributed by atoms with van der Waals surface area (Å²) in [4.78, 5) is 0.315. The zero-order chi connectivity index (χ0) is 8.43. The van der Waals surface area contributed by atoms with Gasteiger partial charge in [-0.1, -0.05) is 0 Å². The normalized spacial score (nSPS) is 10.1. The standard InChI is InChI=1S/C8H9FOS/c1-5-3-6(9)8(11-2)7(10)4-5/h3-4,10H,1-2H3. The van der Waals surface area contributed by atoms with Gasteiger partial charge in [-0.15, -0.1) is 11.8 Å². The molecule has 11 heavy (non-hydrogen) atoms. The van der Waals surface area contributed by atoms with Crippen LogP contribution in [-0.4, -0.2) is 11.4 Å². The van der Waals surface area contributed by atoms with E-state index in [-0.39, 0.29) is 11.6 Å². The lowest BCUT2D eigenvalue weighted by Crippen LogP contribution is -1.83. The molecule has 1 aromatic carbocycles. The van der Waals surface area contributed by atoms with Crippen molar-refractivity contribution in [2.24, 2.45) is 0 Å². The zero-order valence-electron chi connectivity index (χ0n) is 6.39. The molecule has 0 atom stereocenters. The molecule has 0 saturated heterocycles. The second kappa shape index (κ2) is 3.13. The van der Waals surface area contributed by atoms with Crippen molar-refractivity contribution in [3.05, 3.63) is 23.5 Å². The maximum atomic E-state index is 12.9. The first-order chi connectivity index (χ1) is 5.15. The SMILES string of the molecule is CSc1c(O)cc(C)cc1F. The fourth-order valence-corrected chi connectivity index (χ4v) is 1.43. The summed E-state index contributed by atoms with van der Waals surface area (Å²) in [6, 6.07) is 2.96. The maximum Gasteiger partial charge on any atom is 0.140 e. The van der Waals surface area contributed by atoms with E-state index in [2.05, 4.69) is 0 Å². The van der Waals surface area contributed by atoms with Crippen LogP contribution in [-0.2, 0) is 0 Å². The van der Waals surface area contributed by atoms with Gasteiger partial charge in [-0.2, -0.15) is 0 Å². The third-order valence-electron chi connectivity index (χ3n) is 1.37. The molecule has 60 valence electrons. The summed E-state index contributed by atoms with van der Waals surface area (Å²) in [6.07, 6.45) is 1.73. The summed E-state index contributed by atoms with van der Waals surface area (Å²) in [5, 5.41) is 9.21. The van der Waals surface area contributed by atoms with Crippen molar-refractivity contribution in [2.75, 3.05) is 6.26 Å². The van der Waals surface area contributed by atoms with Gasteiger partial charge in [-0.3, -0.25) is 0 Å².